The molecule has 128 valence electrons. The fraction of sp³-hybridized carbons (Fsp3) is 0.333. The SMILES string of the molecule is C=C1C(c2c(C)cc(-c3ccccc3)cc2C)=C(O)C2CCCCC12. The van der Waals surface area contributed by atoms with Gasteiger partial charge < -0.3 is 5.11 Å². The maximum absolute atomic E-state index is 11.0. The molecule has 1 heteroatoms. The van der Waals surface area contributed by atoms with E-state index in [4.69, 9.17) is 0 Å². The fourth-order valence-electron chi connectivity index (χ4n) is 4.85. The van der Waals surface area contributed by atoms with Gasteiger partial charge in [0.1, 0.15) is 5.76 Å². The minimum absolute atomic E-state index is 0.295. The predicted octanol–water partition coefficient (Wildman–Crippen LogP) is 6.62. The second kappa shape index (κ2) is 6.22. The number of aryl methyl sites for hydroxylation is 2. The molecule has 0 heterocycles. The van der Waals surface area contributed by atoms with Crippen molar-refractivity contribution in [3.05, 3.63) is 77.1 Å². The molecule has 2 aliphatic carbocycles. The Morgan fingerprint density at radius 3 is 2.08 bits per heavy atom. The average Bonchev–Trinajstić information content (AvgIpc) is 2.87. The van der Waals surface area contributed by atoms with Gasteiger partial charge in [-0.1, -0.05) is 61.9 Å². The molecule has 2 aliphatic rings. The normalized spacial score (nSPS) is 23.0. The summed E-state index contributed by atoms with van der Waals surface area (Å²) in [5.74, 6) is 1.33. The highest BCUT2D eigenvalue weighted by Gasteiger charge is 2.40. The molecular weight excluding hydrogens is 304 g/mol. The highest BCUT2D eigenvalue weighted by molar-refractivity contribution is 5.87. The van der Waals surface area contributed by atoms with Crippen molar-refractivity contribution in [1.82, 2.24) is 0 Å². The zero-order valence-electron chi connectivity index (χ0n) is 15.2. The number of allylic oxidation sites excluding steroid dienone is 3. The van der Waals surface area contributed by atoms with E-state index >= 15 is 0 Å². The Labute approximate surface area is 150 Å². The lowest BCUT2D eigenvalue weighted by atomic mass is 9.79. The van der Waals surface area contributed by atoms with Crippen LogP contribution in [0.5, 0.6) is 0 Å². The van der Waals surface area contributed by atoms with E-state index in [0.717, 1.165) is 24.0 Å². The van der Waals surface area contributed by atoms with Gasteiger partial charge in [0.25, 0.3) is 0 Å². The Hall–Kier alpha value is -2.28. The van der Waals surface area contributed by atoms with Crippen LogP contribution in [-0.4, -0.2) is 5.11 Å². The fourth-order valence-corrected chi connectivity index (χ4v) is 4.85. The standard InChI is InChI=1S/C24H26O/c1-15-13-19(18-9-5-4-6-10-18)14-16(2)22(15)23-17(3)20-11-7-8-12-21(20)24(23)25/h4-6,9-10,13-14,20-21,25H,3,7-8,11-12H2,1-2H3. The van der Waals surface area contributed by atoms with Gasteiger partial charge in [0, 0.05) is 11.5 Å². The predicted molar refractivity (Wildman–Crippen MR) is 105 cm³/mol. The minimum Gasteiger partial charge on any atom is -0.511 e. The molecule has 0 bridgehead atoms. The molecular formula is C24H26O. The first-order valence-corrected chi connectivity index (χ1v) is 9.37. The van der Waals surface area contributed by atoms with Gasteiger partial charge in [-0.05, 0) is 66.0 Å². The van der Waals surface area contributed by atoms with Crippen LogP contribution in [0.4, 0.5) is 0 Å². The lowest BCUT2D eigenvalue weighted by Crippen LogP contribution is -2.17. The third-order valence-corrected chi connectivity index (χ3v) is 6.03. The lowest BCUT2D eigenvalue weighted by Gasteiger charge is -2.26. The van der Waals surface area contributed by atoms with Crippen molar-refractivity contribution in [2.75, 3.05) is 0 Å². The van der Waals surface area contributed by atoms with Crippen LogP contribution in [0.15, 0.2) is 60.4 Å². The van der Waals surface area contributed by atoms with Crippen molar-refractivity contribution in [2.24, 2.45) is 11.8 Å². The number of rotatable bonds is 2. The molecule has 0 aliphatic heterocycles. The topological polar surface area (TPSA) is 20.2 Å². The summed E-state index contributed by atoms with van der Waals surface area (Å²) in [5, 5.41) is 11.0. The van der Waals surface area contributed by atoms with Crippen molar-refractivity contribution in [1.29, 1.82) is 0 Å². The van der Waals surface area contributed by atoms with Gasteiger partial charge in [-0.25, -0.2) is 0 Å². The second-order valence-corrected chi connectivity index (χ2v) is 7.63. The maximum atomic E-state index is 11.0. The average molecular weight is 330 g/mol. The third-order valence-electron chi connectivity index (χ3n) is 6.03. The summed E-state index contributed by atoms with van der Waals surface area (Å²) < 4.78 is 0. The van der Waals surface area contributed by atoms with Gasteiger partial charge in [0.2, 0.25) is 0 Å². The zero-order valence-corrected chi connectivity index (χ0v) is 15.2. The maximum Gasteiger partial charge on any atom is 0.104 e. The van der Waals surface area contributed by atoms with Crippen LogP contribution in [0.3, 0.4) is 0 Å². The highest BCUT2D eigenvalue weighted by Crippen LogP contribution is 2.51. The largest absolute Gasteiger partial charge is 0.511 e. The summed E-state index contributed by atoms with van der Waals surface area (Å²) in [6, 6.07) is 15.0. The highest BCUT2D eigenvalue weighted by atomic mass is 16.3. The molecule has 0 aromatic heterocycles. The van der Waals surface area contributed by atoms with Crippen molar-refractivity contribution >= 4 is 5.57 Å². The van der Waals surface area contributed by atoms with Gasteiger partial charge in [0.15, 0.2) is 0 Å². The molecule has 1 fully saturated rings. The van der Waals surface area contributed by atoms with Gasteiger partial charge in [-0.3, -0.25) is 0 Å². The molecule has 0 spiro atoms. The summed E-state index contributed by atoms with van der Waals surface area (Å²) in [7, 11) is 0. The summed E-state index contributed by atoms with van der Waals surface area (Å²) in [5.41, 5.74) is 8.29. The van der Waals surface area contributed by atoms with E-state index in [1.165, 1.54) is 40.7 Å². The van der Waals surface area contributed by atoms with E-state index in [1.807, 2.05) is 6.07 Å². The smallest absolute Gasteiger partial charge is 0.104 e. The molecule has 4 rings (SSSR count). The van der Waals surface area contributed by atoms with Crippen LogP contribution in [0.1, 0.15) is 42.4 Å². The van der Waals surface area contributed by atoms with Crippen molar-refractivity contribution < 1.29 is 5.11 Å². The summed E-state index contributed by atoms with van der Waals surface area (Å²) in [6.45, 7) is 8.71. The van der Waals surface area contributed by atoms with E-state index in [9.17, 15) is 5.11 Å². The lowest BCUT2D eigenvalue weighted by molar-refractivity contribution is 0.246. The molecule has 1 N–H and O–H groups in total. The Kier molecular flexibility index (Phi) is 4.03. The molecule has 25 heavy (non-hydrogen) atoms. The van der Waals surface area contributed by atoms with Crippen molar-refractivity contribution in [3.63, 3.8) is 0 Å². The Bertz CT molecular complexity index is 834. The Morgan fingerprint density at radius 2 is 1.48 bits per heavy atom. The monoisotopic (exact) mass is 330 g/mol. The zero-order chi connectivity index (χ0) is 17.6. The third kappa shape index (κ3) is 2.63. The van der Waals surface area contributed by atoms with E-state index in [0.29, 0.717) is 17.6 Å². The molecule has 1 saturated carbocycles. The van der Waals surface area contributed by atoms with Gasteiger partial charge in [0.05, 0.1) is 0 Å². The first kappa shape index (κ1) is 16.2. The van der Waals surface area contributed by atoms with E-state index in [1.54, 1.807) is 0 Å². The minimum atomic E-state index is 0.295. The number of fused-ring (bicyclic) bond motifs is 1. The second-order valence-electron chi connectivity index (χ2n) is 7.63. The van der Waals surface area contributed by atoms with Crippen LogP contribution in [0.25, 0.3) is 16.7 Å². The van der Waals surface area contributed by atoms with Gasteiger partial charge in [-0.15, -0.1) is 0 Å². The van der Waals surface area contributed by atoms with E-state index < -0.39 is 0 Å². The number of hydrogen-bond acceptors (Lipinski definition) is 1. The molecule has 0 radical (unpaired) electrons. The quantitative estimate of drug-likeness (QED) is 0.656. The van der Waals surface area contributed by atoms with Crippen LogP contribution in [0.2, 0.25) is 0 Å². The number of aliphatic hydroxyl groups is 1. The number of aliphatic hydroxyl groups excluding tert-OH is 1. The molecule has 1 nitrogen and oxygen atoms in total. The molecule has 2 unspecified atom stereocenters. The first-order valence-electron chi connectivity index (χ1n) is 9.37. The molecule has 2 aromatic rings. The van der Waals surface area contributed by atoms with Crippen molar-refractivity contribution in [2.45, 2.75) is 39.5 Å². The molecule has 2 atom stereocenters. The summed E-state index contributed by atoms with van der Waals surface area (Å²) >= 11 is 0. The van der Waals surface area contributed by atoms with E-state index in [2.05, 4.69) is 56.8 Å². The van der Waals surface area contributed by atoms with Crippen LogP contribution >= 0.6 is 0 Å². The van der Waals surface area contributed by atoms with Gasteiger partial charge >= 0.3 is 0 Å². The molecule has 2 aromatic carbocycles. The summed E-state index contributed by atoms with van der Waals surface area (Å²) in [6.07, 6.45) is 4.73. The summed E-state index contributed by atoms with van der Waals surface area (Å²) in [4.78, 5) is 0. The van der Waals surface area contributed by atoms with E-state index in [-0.39, 0.29) is 0 Å². The van der Waals surface area contributed by atoms with Gasteiger partial charge in [-0.2, -0.15) is 0 Å². The Balaban J connectivity index is 1.81. The van der Waals surface area contributed by atoms with Crippen LogP contribution in [0, 0.1) is 25.7 Å². The number of benzene rings is 2. The molecule has 0 amide bonds. The van der Waals surface area contributed by atoms with Crippen molar-refractivity contribution in [3.8, 4) is 11.1 Å². The van der Waals surface area contributed by atoms with Crippen LogP contribution in [-0.2, 0) is 0 Å². The van der Waals surface area contributed by atoms with Crippen LogP contribution < -0.4 is 0 Å². The Morgan fingerprint density at radius 1 is 0.880 bits per heavy atom. The first-order chi connectivity index (χ1) is 12.1. The molecule has 0 saturated heterocycles. The number of hydrogen-bond donors (Lipinski definition) is 1.